The van der Waals surface area contributed by atoms with Gasteiger partial charge in [0.25, 0.3) is 11.6 Å². The molecule has 7 nitrogen and oxygen atoms in total. The van der Waals surface area contributed by atoms with Crippen molar-refractivity contribution in [2.75, 3.05) is 5.43 Å². The van der Waals surface area contributed by atoms with Crippen LogP contribution >= 0.6 is 11.6 Å². The summed E-state index contributed by atoms with van der Waals surface area (Å²) in [7, 11) is 0. The summed E-state index contributed by atoms with van der Waals surface area (Å²) < 4.78 is 0. The topological polar surface area (TPSA) is 96.6 Å². The maximum absolute atomic E-state index is 11.8. The van der Waals surface area contributed by atoms with Crippen LogP contribution in [0.3, 0.4) is 0 Å². The highest BCUT2D eigenvalue weighted by Crippen LogP contribution is 2.13. The van der Waals surface area contributed by atoms with Gasteiger partial charge in [0.05, 0.1) is 10.6 Å². The Kier molecular flexibility index (Phi) is 5.05. The lowest BCUT2D eigenvalue weighted by molar-refractivity contribution is -0.384. The van der Waals surface area contributed by atoms with Gasteiger partial charge < -0.3 is 5.32 Å². The van der Waals surface area contributed by atoms with Gasteiger partial charge in [0.1, 0.15) is 6.34 Å². The second-order valence-electron chi connectivity index (χ2n) is 4.16. The van der Waals surface area contributed by atoms with E-state index in [4.69, 9.17) is 11.6 Å². The molecule has 0 aliphatic rings. The van der Waals surface area contributed by atoms with Crippen molar-refractivity contribution in [3.05, 3.63) is 69.2 Å². The van der Waals surface area contributed by atoms with Gasteiger partial charge in [-0.05, 0) is 30.3 Å². The fourth-order valence-corrected chi connectivity index (χ4v) is 1.69. The molecule has 112 valence electrons. The molecule has 0 unspecified atom stereocenters. The Hall–Kier alpha value is -2.93. The number of nitro groups is 1. The Morgan fingerprint density at radius 2 is 1.95 bits per heavy atom. The fraction of sp³-hybridized carbons (Fsp3) is 0. The molecule has 0 saturated heterocycles. The van der Waals surface area contributed by atoms with E-state index in [-0.39, 0.29) is 11.3 Å². The smallest absolute Gasteiger partial charge is 0.270 e. The lowest BCUT2D eigenvalue weighted by atomic mass is 10.2. The molecule has 0 saturated carbocycles. The molecule has 0 radical (unpaired) electrons. The third kappa shape index (κ3) is 4.29. The number of nitrogens with one attached hydrogen (secondary N) is 2. The molecular formula is C14H11ClN4O3. The van der Waals surface area contributed by atoms with E-state index in [1.54, 1.807) is 24.3 Å². The zero-order chi connectivity index (χ0) is 15.9. The average molecular weight is 319 g/mol. The van der Waals surface area contributed by atoms with Crippen LogP contribution in [0.25, 0.3) is 0 Å². The minimum atomic E-state index is -0.563. The van der Waals surface area contributed by atoms with Gasteiger partial charge in [-0.1, -0.05) is 17.7 Å². The van der Waals surface area contributed by atoms with Crippen molar-refractivity contribution in [1.29, 1.82) is 0 Å². The number of carbonyl (C=O) groups is 1. The SMILES string of the molecule is O=C(N/C=N/Nc1ccc(Cl)cc1)c1cccc([N+](=O)[O-])c1. The number of hydrogen-bond acceptors (Lipinski definition) is 5. The minimum absolute atomic E-state index is 0.149. The van der Waals surface area contributed by atoms with E-state index < -0.39 is 10.8 Å². The van der Waals surface area contributed by atoms with E-state index in [1.165, 1.54) is 24.3 Å². The maximum atomic E-state index is 11.8. The number of non-ortho nitro benzene ring substituents is 1. The molecule has 2 rings (SSSR count). The number of rotatable bonds is 5. The van der Waals surface area contributed by atoms with Crippen LogP contribution in [-0.4, -0.2) is 17.2 Å². The van der Waals surface area contributed by atoms with Crippen molar-refractivity contribution in [2.45, 2.75) is 0 Å². The van der Waals surface area contributed by atoms with Gasteiger partial charge in [-0.3, -0.25) is 20.3 Å². The largest absolute Gasteiger partial charge is 0.311 e. The zero-order valence-corrected chi connectivity index (χ0v) is 11.9. The summed E-state index contributed by atoms with van der Waals surface area (Å²) in [5, 5.41) is 17.5. The average Bonchev–Trinajstić information content (AvgIpc) is 2.53. The third-order valence-electron chi connectivity index (χ3n) is 2.62. The highest BCUT2D eigenvalue weighted by molar-refractivity contribution is 6.30. The van der Waals surface area contributed by atoms with Gasteiger partial charge in [0.2, 0.25) is 0 Å². The number of hydrogen-bond donors (Lipinski definition) is 2. The van der Waals surface area contributed by atoms with Crippen molar-refractivity contribution in [1.82, 2.24) is 5.32 Å². The van der Waals surface area contributed by atoms with Crippen LogP contribution in [0.5, 0.6) is 0 Å². The van der Waals surface area contributed by atoms with Crippen LogP contribution < -0.4 is 10.7 Å². The lowest BCUT2D eigenvalue weighted by Crippen LogP contribution is -2.22. The normalized spacial score (nSPS) is 10.4. The lowest BCUT2D eigenvalue weighted by Gasteiger charge is -2.01. The van der Waals surface area contributed by atoms with Crippen molar-refractivity contribution in [3.8, 4) is 0 Å². The zero-order valence-electron chi connectivity index (χ0n) is 11.2. The molecule has 0 aromatic heterocycles. The predicted octanol–water partition coefficient (Wildman–Crippen LogP) is 3.03. The Balaban J connectivity index is 1.92. The van der Waals surface area contributed by atoms with Gasteiger partial charge in [-0.15, -0.1) is 0 Å². The summed E-state index contributed by atoms with van der Waals surface area (Å²) in [6, 6.07) is 12.3. The molecule has 0 spiro atoms. The van der Waals surface area contributed by atoms with Crippen molar-refractivity contribution in [2.24, 2.45) is 5.10 Å². The summed E-state index contributed by atoms with van der Waals surface area (Å²) in [6.07, 6.45) is 1.16. The molecule has 0 bridgehead atoms. The molecule has 0 atom stereocenters. The number of benzene rings is 2. The number of amides is 1. The first-order chi connectivity index (χ1) is 10.6. The van der Waals surface area contributed by atoms with Gasteiger partial charge in [0, 0.05) is 22.7 Å². The van der Waals surface area contributed by atoms with Crippen LogP contribution in [0.2, 0.25) is 5.02 Å². The Morgan fingerprint density at radius 1 is 1.23 bits per heavy atom. The first-order valence-corrected chi connectivity index (χ1v) is 6.52. The minimum Gasteiger partial charge on any atom is -0.311 e. The Labute approximate surface area is 130 Å². The van der Waals surface area contributed by atoms with Crippen LogP contribution in [0.15, 0.2) is 53.6 Å². The summed E-state index contributed by atoms with van der Waals surface area (Å²) in [5.41, 5.74) is 3.42. The summed E-state index contributed by atoms with van der Waals surface area (Å²) in [5.74, 6) is -0.495. The van der Waals surface area contributed by atoms with Gasteiger partial charge in [0.15, 0.2) is 0 Å². The molecule has 22 heavy (non-hydrogen) atoms. The molecule has 1 amide bonds. The predicted molar refractivity (Wildman–Crippen MR) is 84.1 cm³/mol. The summed E-state index contributed by atoms with van der Waals surface area (Å²) in [6.45, 7) is 0. The fourth-order valence-electron chi connectivity index (χ4n) is 1.57. The van der Waals surface area contributed by atoms with E-state index in [0.29, 0.717) is 10.7 Å². The van der Waals surface area contributed by atoms with E-state index in [9.17, 15) is 14.9 Å². The van der Waals surface area contributed by atoms with Crippen molar-refractivity contribution < 1.29 is 9.72 Å². The number of anilines is 1. The first-order valence-electron chi connectivity index (χ1n) is 6.15. The number of carbonyl (C=O) groups excluding carboxylic acids is 1. The van der Waals surface area contributed by atoms with Gasteiger partial charge in [-0.2, -0.15) is 5.10 Å². The molecule has 0 heterocycles. The van der Waals surface area contributed by atoms with E-state index >= 15 is 0 Å². The van der Waals surface area contributed by atoms with Crippen LogP contribution in [0.4, 0.5) is 11.4 Å². The van der Waals surface area contributed by atoms with Crippen LogP contribution in [0, 0.1) is 10.1 Å². The third-order valence-corrected chi connectivity index (χ3v) is 2.87. The monoisotopic (exact) mass is 318 g/mol. The molecule has 2 N–H and O–H groups in total. The molecule has 8 heteroatoms. The van der Waals surface area contributed by atoms with Crippen LogP contribution in [-0.2, 0) is 0 Å². The van der Waals surface area contributed by atoms with Gasteiger partial charge in [-0.25, -0.2) is 0 Å². The maximum Gasteiger partial charge on any atom is 0.270 e. The van der Waals surface area contributed by atoms with Gasteiger partial charge >= 0.3 is 0 Å². The molecule has 0 aliphatic heterocycles. The highest BCUT2D eigenvalue weighted by Gasteiger charge is 2.10. The second kappa shape index (κ2) is 7.19. The van der Waals surface area contributed by atoms with Crippen LogP contribution in [0.1, 0.15) is 10.4 Å². The summed E-state index contributed by atoms with van der Waals surface area (Å²) >= 11 is 5.75. The Bertz CT molecular complexity index is 716. The number of halogens is 1. The molecular weight excluding hydrogens is 308 g/mol. The number of nitro benzene ring substituents is 1. The number of hydrazone groups is 1. The Morgan fingerprint density at radius 3 is 2.64 bits per heavy atom. The van der Waals surface area contributed by atoms with Crippen molar-refractivity contribution in [3.63, 3.8) is 0 Å². The van der Waals surface area contributed by atoms with Crippen molar-refractivity contribution >= 4 is 35.2 Å². The number of nitrogens with zero attached hydrogens (tertiary/aromatic N) is 2. The molecule has 0 fully saturated rings. The molecule has 2 aromatic carbocycles. The van der Waals surface area contributed by atoms with E-state index in [0.717, 1.165) is 6.34 Å². The first kappa shape index (κ1) is 15.5. The molecule has 0 aliphatic carbocycles. The quantitative estimate of drug-likeness (QED) is 0.383. The standard InChI is InChI=1S/C14H11ClN4O3/c15-11-4-6-12(7-5-11)18-17-9-16-14(20)10-2-1-3-13(8-10)19(21)22/h1-9,18H,(H,16,17,20). The second-order valence-corrected chi connectivity index (χ2v) is 4.59. The summed E-state index contributed by atoms with van der Waals surface area (Å²) in [4.78, 5) is 21.9. The van der Waals surface area contributed by atoms with E-state index in [2.05, 4.69) is 15.8 Å². The highest BCUT2D eigenvalue weighted by atomic mass is 35.5. The van der Waals surface area contributed by atoms with E-state index in [1.807, 2.05) is 0 Å². The molecule has 2 aromatic rings.